The van der Waals surface area contributed by atoms with Gasteiger partial charge in [0.1, 0.15) is 0 Å². The Hall–Kier alpha value is -0.120. The first-order valence-electron chi connectivity index (χ1n) is 5.71. The average Bonchev–Trinajstić information content (AvgIpc) is 2.20. The van der Waals surface area contributed by atoms with E-state index in [4.69, 9.17) is 9.84 Å². The first kappa shape index (κ1) is 12.0. The number of ether oxygens (including phenoxy) is 1. The third-order valence-corrected chi connectivity index (χ3v) is 2.92. The van der Waals surface area contributed by atoms with Crippen molar-refractivity contribution in [3.8, 4) is 0 Å². The summed E-state index contributed by atoms with van der Waals surface area (Å²) >= 11 is 0. The molecule has 1 fully saturated rings. The molecule has 0 bridgehead atoms. The Bertz CT molecular complexity index is 138. The van der Waals surface area contributed by atoms with Crippen molar-refractivity contribution in [2.75, 3.05) is 19.8 Å². The Balaban J connectivity index is 1.99. The minimum atomic E-state index is -0.151. The van der Waals surface area contributed by atoms with Gasteiger partial charge in [-0.2, -0.15) is 0 Å². The Kier molecular flexibility index (Phi) is 6.15. The topological polar surface area (TPSA) is 49.7 Å². The minimum absolute atomic E-state index is 0.151. The Morgan fingerprint density at radius 3 is 2.64 bits per heavy atom. The van der Waals surface area contributed by atoms with E-state index >= 15 is 0 Å². The van der Waals surface area contributed by atoms with E-state index in [1.165, 1.54) is 0 Å². The maximum atomic E-state index is 9.65. The van der Waals surface area contributed by atoms with Gasteiger partial charge in [0.05, 0.1) is 12.7 Å². The number of aliphatic hydroxyl groups excluding tert-OH is 2. The summed E-state index contributed by atoms with van der Waals surface area (Å²) in [5.74, 6) is 0.345. The summed E-state index contributed by atoms with van der Waals surface area (Å²) < 4.78 is 5.33. The van der Waals surface area contributed by atoms with E-state index in [9.17, 15) is 5.11 Å². The van der Waals surface area contributed by atoms with E-state index < -0.39 is 0 Å². The fourth-order valence-electron chi connectivity index (χ4n) is 1.93. The molecule has 0 radical (unpaired) electrons. The summed E-state index contributed by atoms with van der Waals surface area (Å²) in [6.45, 7) is 1.73. The molecule has 0 aliphatic carbocycles. The molecule has 0 amide bonds. The van der Waals surface area contributed by atoms with E-state index in [1.807, 2.05) is 0 Å². The van der Waals surface area contributed by atoms with Gasteiger partial charge in [-0.05, 0) is 19.3 Å². The molecule has 0 aromatic heterocycles. The lowest BCUT2D eigenvalue weighted by Gasteiger charge is -2.27. The van der Waals surface area contributed by atoms with Crippen LogP contribution in [0.1, 0.15) is 38.5 Å². The zero-order valence-electron chi connectivity index (χ0n) is 8.82. The number of hydrogen-bond donors (Lipinski definition) is 2. The third kappa shape index (κ3) is 4.40. The minimum Gasteiger partial charge on any atom is -0.396 e. The van der Waals surface area contributed by atoms with Crippen LogP contribution >= 0.6 is 0 Å². The van der Waals surface area contributed by atoms with Crippen LogP contribution in [0, 0.1) is 5.92 Å². The van der Waals surface area contributed by atoms with Crippen LogP contribution in [0.5, 0.6) is 0 Å². The number of aliphatic hydroxyl groups is 2. The molecule has 3 heteroatoms. The summed E-state index contributed by atoms with van der Waals surface area (Å²) in [5, 5.41) is 18.2. The maximum Gasteiger partial charge on any atom is 0.0612 e. The zero-order valence-corrected chi connectivity index (χ0v) is 8.82. The van der Waals surface area contributed by atoms with Crippen LogP contribution in [0.15, 0.2) is 0 Å². The molecule has 3 nitrogen and oxygen atoms in total. The molecule has 84 valence electrons. The molecule has 14 heavy (non-hydrogen) atoms. The molecule has 0 aromatic carbocycles. The molecule has 2 unspecified atom stereocenters. The summed E-state index contributed by atoms with van der Waals surface area (Å²) in [4.78, 5) is 0. The molecular formula is C11H22O3. The number of hydrogen-bond acceptors (Lipinski definition) is 3. The van der Waals surface area contributed by atoms with Crippen LogP contribution in [0.4, 0.5) is 0 Å². The zero-order chi connectivity index (χ0) is 10.2. The first-order valence-corrected chi connectivity index (χ1v) is 5.71. The molecule has 2 atom stereocenters. The second-order valence-electron chi connectivity index (χ2n) is 4.12. The summed E-state index contributed by atoms with van der Waals surface area (Å²) in [6.07, 6.45) is 6.01. The summed E-state index contributed by atoms with van der Waals surface area (Å²) in [6, 6.07) is 0. The summed E-state index contributed by atoms with van der Waals surface area (Å²) in [5.41, 5.74) is 0. The van der Waals surface area contributed by atoms with Crippen LogP contribution < -0.4 is 0 Å². The number of rotatable bonds is 6. The standard InChI is InChI=1S/C11H22O3/c12-7-4-2-1-3-5-10-9-14-8-6-11(10)13/h10-13H,1-9H2. The molecule has 1 rings (SSSR count). The lowest BCUT2D eigenvalue weighted by molar-refractivity contribution is -0.0389. The molecule has 0 spiro atoms. The van der Waals surface area contributed by atoms with E-state index in [1.54, 1.807) is 0 Å². The van der Waals surface area contributed by atoms with Gasteiger partial charge in [0, 0.05) is 19.1 Å². The van der Waals surface area contributed by atoms with Crippen molar-refractivity contribution in [1.29, 1.82) is 0 Å². The second-order valence-corrected chi connectivity index (χ2v) is 4.12. The molecule has 1 saturated heterocycles. The summed E-state index contributed by atoms with van der Waals surface area (Å²) in [7, 11) is 0. The van der Waals surface area contributed by atoms with E-state index in [-0.39, 0.29) is 6.10 Å². The fraction of sp³-hybridized carbons (Fsp3) is 1.00. The van der Waals surface area contributed by atoms with Gasteiger partial charge in [0.25, 0.3) is 0 Å². The monoisotopic (exact) mass is 202 g/mol. The normalized spacial score (nSPS) is 27.9. The van der Waals surface area contributed by atoms with Crippen molar-refractivity contribution in [1.82, 2.24) is 0 Å². The molecule has 1 aliphatic rings. The molecule has 0 saturated carbocycles. The van der Waals surface area contributed by atoms with Gasteiger partial charge in [-0.3, -0.25) is 0 Å². The predicted molar refractivity (Wildman–Crippen MR) is 55.1 cm³/mol. The van der Waals surface area contributed by atoms with Crippen LogP contribution in [0.25, 0.3) is 0 Å². The van der Waals surface area contributed by atoms with Crippen molar-refractivity contribution in [2.24, 2.45) is 5.92 Å². The van der Waals surface area contributed by atoms with Crippen LogP contribution in [-0.2, 0) is 4.74 Å². The smallest absolute Gasteiger partial charge is 0.0612 e. The highest BCUT2D eigenvalue weighted by Crippen LogP contribution is 2.20. The van der Waals surface area contributed by atoms with E-state index in [0.717, 1.165) is 45.1 Å². The Labute approximate surface area is 86.1 Å². The average molecular weight is 202 g/mol. The van der Waals surface area contributed by atoms with Crippen LogP contribution in [0.2, 0.25) is 0 Å². The SMILES string of the molecule is OCCCCCCC1COCCC1O. The van der Waals surface area contributed by atoms with Crippen LogP contribution in [-0.4, -0.2) is 36.1 Å². The maximum absolute atomic E-state index is 9.65. The van der Waals surface area contributed by atoms with Gasteiger partial charge >= 0.3 is 0 Å². The largest absolute Gasteiger partial charge is 0.396 e. The highest BCUT2D eigenvalue weighted by molar-refractivity contribution is 4.72. The van der Waals surface area contributed by atoms with Gasteiger partial charge in [0.2, 0.25) is 0 Å². The van der Waals surface area contributed by atoms with Crippen molar-refractivity contribution in [2.45, 2.75) is 44.6 Å². The Morgan fingerprint density at radius 1 is 1.14 bits per heavy atom. The third-order valence-electron chi connectivity index (χ3n) is 2.92. The van der Waals surface area contributed by atoms with Gasteiger partial charge in [-0.15, -0.1) is 0 Å². The first-order chi connectivity index (χ1) is 6.84. The quantitative estimate of drug-likeness (QED) is 0.639. The molecule has 2 N–H and O–H groups in total. The van der Waals surface area contributed by atoms with E-state index in [2.05, 4.69) is 0 Å². The number of unbranched alkanes of at least 4 members (excludes halogenated alkanes) is 3. The van der Waals surface area contributed by atoms with Gasteiger partial charge in [0.15, 0.2) is 0 Å². The lowest BCUT2D eigenvalue weighted by Crippen LogP contribution is -2.31. The van der Waals surface area contributed by atoms with Crippen molar-refractivity contribution in [3.63, 3.8) is 0 Å². The van der Waals surface area contributed by atoms with Crippen LogP contribution in [0.3, 0.4) is 0 Å². The lowest BCUT2D eigenvalue weighted by atomic mass is 9.93. The molecule has 1 aliphatic heterocycles. The van der Waals surface area contributed by atoms with E-state index in [0.29, 0.717) is 19.1 Å². The van der Waals surface area contributed by atoms with Gasteiger partial charge in [-0.1, -0.05) is 19.3 Å². The highest BCUT2D eigenvalue weighted by atomic mass is 16.5. The van der Waals surface area contributed by atoms with Gasteiger partial charge < -0.3 is 14.9 Å². The van der Waals surface area contributed by atoms with Gasteiger partial charge in [-0.25, -0.2) is 0 Å². The fourth-order valence-corrected chi connectivity index (χ4v) is 1.93. The van der Waals surface area contributed by atoms with Crippen molar-refractivity contribution < 1.29 is 14.9 Å². The predicted octanol–water partition coefficient (Wildman–Crippen LogP) is 1.33. The highest BCUT2D eigenvalue weighted by Gasteiger charge is 2.22. The van der Waals surface area contributed by atoms with Crippen molar-refractivity contribution in [3.05, 3.63) is 0 Å². The Morgan fingerprint density at radius 2 is 1.93 bits per heavy atom. The molecular weight excluding hydrogens is 180 g/mol. The molecule has 0 aromatic rings. The second kappa shape index (κ2) is 7.21. The molecule has 1 heterocycles. The van der Waals surface area contributed by atoms with Crippen molar-refractivity contribution >= 4 is 0 Å².